The zero-order chi connectivity index (χ0) is 15.3. The van der Waals surface area contributed by atoms with Crippen LogP contribution in [0.15, 0.2) is 0 Å². The van der Waals surface area contributed by atoms with E-state index < -0.39 is 29.0 Å². The van der Waals surface area contributed by atoms with Crippen molar-refractivity contribution in [1.82, 2.24) is 0 Å². The van der Waals surface area contributed by atoms with Crippen LogP contribution in [-0.2, 0) is 14.3 Å². The molecule has 0 amide bonds. The largest absolute Gasteiger partial charge is 0.480 e. The summed E-state index contributed by atoms with van der Waals surface area (Å²) in [6, 6.07) is -0.744. The van der Waals surface area contributed by atoms with Crippen molar-refractivity contribution in [3.8, 4) is 0 Å². The average molecular weight is 273 g/mol. The fourth-order valence-electron chi connectivity index (χ4n) is 1.68. The highest BCUT2D eigenvalue weighted by molar-refractivity contribution is 5.99. The first-order valence-electron chi connectivity index (χ1n) is 6.78. The molecule has 5 heteroatoms. The van der Waals surface area contributed by atoms with Crippen LogP contribution in [-0.4, -0.2) is 28.7 Å². The van der Waals surface area contributed by atoms with Crippen LogP contribution < -0.4 is 5.73 Å². The number of esters is 1. The zero-order valence-electron chi connectivity index (χ0n) is 12.7. The van der Waals surface area contributed by atoms with Gasteiger partial charge in [0.25, 0.3) is 0 Å². The van der Waals surface area contributed by atoms with Crippen molar-refractivity contribution in [1.29, 1.82) is 0 Å². The summed E-state index contributed by atoms with van der Waals surface area (Å²) < 4.78 is 5.19. The monoisotopic (exact) mass is 273 g/mol. The number of carboxylic acid groups (broad SMARTS) is 1. The van der Waals surface area contributed by atoms with Gasteiger partial charge in [-0.25, -0.2) is 0 Å². The van der Waals surface area contributed by atoms with E-state index in [-0.39, 0.29) is 0 Å². The molecule has 0 aromatic carbocycles. The molecule has 0 aromatic rings. The van der Waals surface area contributed by atoms with E-state index in [4.69, 9.17) is 10.5 Å². The molecule has 0 fully saturated rings. The minimum Gasteiger partial charge on any atom is -0.480 e. The Hall–Kier alpha value is -1.10. The molecule has 5 nitrogen and oxygen atoms in total. The van der Waals surface area contributed by atoms with E-state index in [1.807, 2.05) is 0 Å². The lowest BCUT2D eigenvalue weighted by molar-refractivity contribution is -0.177. The summed E-state index contributed by atoms with van der Waals surface area (Å²) in [5.74, 6) is -2.00. The second-order valence-electron chi connectivity index (χ2n) is 6.11. The molecule has 0 spiro atoms. The molecule has 0 aliphatic carbocycles. The second kappa shape index (κ2) is 6.89. The van der Waals surface area contributed by atoms with Crippen molar-refractivity contribution in [2.45, 2.75) is 71.9 Å². The van der Waals surface area contributed by atoms with Crippen LogP contribution in [0, 0.1) is 5.41 Å². The third-order valence-electron chi connectivity index (χ3n) is 3.13. The van der Waals surface area contributed by atoms with E-state index in [1.54, 1.807) is 20.8 Å². The maximum absolute atomic E-state index is 12.1. The standard InChI is InChI=1S/C14H27NO4/c1-6-7-8-9-10(15)14(5,11(16)17)12(18)19-13(2,3)4/h10H,6-9,15H2,1-5H3,(H,16,17)/t10-,14?/m0/s1. The van der Waals surface area contributed by atoms with Gasteiger partial charge in [0.05, 0.1) is 0 Å². The Morgan fingerprint density at radius 2 is 1.74 bits per heavy atom. The Kier molecular flexibility index (Phi) is 6.49. The zero-order valence-corrected chi connectivity index (χ0v) is 12.7. The average Bonchev–Trinajstić information content (AvgIpc) is 2.25. The number of hydrogen-bond donors (Lipinski definition) is 2. The first kappa shape index (κ1) is 17.9. The third kappa shape index (κ3) is 5.19. The Bertz CT molecular complexity index is 322. The quantitative estimate of drug-likeness (QED) is 0.422. The molecule has 0 aliphatic heterocycles. The highest BCUT2D eigenvalue weighted by atomic mass is 16.6. The highest BCUT2D eigenvalue weighted by Crippen LogP contribution is 2.28. The predicted molar refractivity (Wildman–Crippen MR) is 73.7 cm³/mol. The van der Waals surface area contributed by atoms with E-state index in [0.29, 0.717) is 6.42 Å². The Morgan fingerprint density at radius 3 is 2.11 bits per heavy atom. The van der Waals surface area contributed by atoms with Crippen molar-refractivity contribution in [3.63, 3.8) is 0 Å². The maximum Gasteiger partial charge on any atom is 0.325 e. The highest BCUT2D eigenvalue weighted by Gasteiger charge is 2.49. The van der Waals surface area contributed by atoms with Crippen LogP contribution in [0.3, 0.4) is 0 Å². The molecule has 1 unspecified atom stereocenters. The van der Waals surface area contributed by atoms with Gasteiger partial charge in [-0.3, -0.25) is 9.59 Å². The predicted octanol–water partition coefficient (Wildman–Crippen LogP) is 2.33. The first-order chi connectivity index (χ1) is 8.55. The molecule has 0 bridgehead atoms. The van der Waals surface area contributed by atoms with Crippen LogP contribution in [0.2, 0.25) is 0 Å². The Balaban J connectivity index is 4.93. The van der Waals surface area contributed by atoms with E-state index >= 15 is 0 Å². The summed E-state index contributed by atoms with van der Waals surface area (Å²) in [5, 5.41) is 9.35. The van der Waals surface area contributed by atoms with Crippen molar-refractivity contribution in [2.75, 3.05) is 0 Å². The van der Waals surface area contributed by atoms with Gasteiger partial charge in [-0.2, -0.15) is 0 Å². The van der Waals surface area contributed by atoms with Gasteiger partial charge in [0.1, 0.15) is 5.60 Å². The van der Waals surface area contributed by atoms with Gasteiger partial charge >= 0.3 is 11.9 Å². The third-order valence-corrected chi connectivity index (χ3v) is 3.13. The number of carbonyl (C=O) groups is 2. The maximum atomic E-state index is 12.1. The van der Waals surface area contributed by atoms with E-state index in [1.165, 1.54) is 6.92 Å². The fourth-order valence-corrected chi connectivity index (χ4v) is 1.68. The molecule has 0 radical (unpaired) electrons. The summed E-state index contributed by atoms with van der Waals surface area (Å²) in [6.45, 7) is 8.51. The van der Waals surface area contributed by atoms with Crippen LogP contribution in [0.25, 0.3) is 0 Å². The lowest BCUT2D eigenvalue weighted by Gasteiger charge is -2.32. The topological polar surface area (TPSA) is 89.6 Å². The van der Waals surface area contributed by atoms with Crippen LogP contribution in [0.4, 0.5) is 0 Å². The number of unbranched alkanes of at least 4 members (excludes halogenated alkanes) is 2. The molecular formula is C14H27NO4. The molecule has 0 aliphatic rings. The summed E-state index contributed by atoms with van der Waals surface area (Å²) >= 11 is 0. The molecule has 0 heterocycles. The van der Waals surface area contributed by atoms with Gasteiger partial charge in [0.15, 0.2) is 5.41 Å². The SMILES string of the molecule is CCCCC[C@H](N)C(C)(C(=O)O)C(=O)OC(C)(C)C. The van der Waals surface area contributed by atoms with Crippen molar-refractivity contribution in [3.05, 3.63) is 0 Å². The minimum atomic E-state index is -1.69. The molecule has 19 heavy (non-hydrogen) atoms. The minimum absolute atomic E-state index is 0.496. The van der Waals surface area contributed by atoms with E-state index in [2.05, 4.69) is 6.92 Å². The van der Waals surface area contributed by atoms with Crippen molar-refractivity contribution < 1.29 is 19.4 Å². The lowest BCUT2D eigenvalue weighted by Crippen LogP contribution is -2.53. The summed E-state index contributed by atoms with van der Waals surface area (Å²) in [4.78, 5) is 23.6. The first-order valence-corrected chi connectivity index (χ1v) is 6.78. The summed E-state index contributed by atoms with van der Waals surface area (Å²) in [6.07, 6.45) is 3.29. The van der Waals surface area contributed by atoms with E-state index in [9.17, 15) is 14.7 Å². The number of hydrogen-bond acceptors (Lipinski definition) is 4. The number of rotatable bonds is 7. The fraction of sp³-hybridized carbons (Fsp3) is 0.857. The van der Waals surface area contributed by atoms with Crippen molar-refractivity contribution in [2.24, 2.45) is 11.1 Å². The van der Waals surface area contributed by atoms with Gasteiger partial charge in [0, 0.05) is 6.04 Å². The van der Waals surface area contributed by atoms with Gasteiger partial charge in [-0.1, -0.05) is 26.2 Å². The number of carboxylic acids is 1. The van der Waals surface area contributed by atoms with Gasteiger partial charge in [-0.15, -0.1) is 0 Å². The van der Waals surface area contributed by atoms with Crippen LogP contribution >= 0.6 is 0 Å². The number of carbonyl (C=O) groups excluding carboxylic acids is 1. The van der Waals surface area contributed by atoms with Gasteiger partial charge < -0.3 is 15.6 Å². The molecule has 0 saturated carbocycles. The van der Waals surface area contributed by atoms with Crippen LogP contribution in [0.5, 0.6) is 0 Å². The molecule has 3 N–H and O–H groups in total. The molecular weight excluding hydrogens is 246 g/mol. The number of aliphatic carboxylic acids is 1. The summed E-state index contributed by atoms with van der Waals surface area (Å²) in [7, 11) is 0. The smallest absolute Gasteiger partial charge is 0.325 e. The normalized spacial score (nSPS) is 16.5. The van der Waals surface area contributed by atoms with Crippen molar-refractivity contribution >= 4 is 11.9 Å². The molecule has 2 atom stereocenters. The molecule has 0 saturated heterocycles. The Morgan fingerprint density at radius 1 is 1.21 bits per heavy atom. The Labute approximate surface area is 115 Å². The van der Waals surface area contributed by atoms with Crippen LogP contribution in [0.1, 0.15) is 60.3 Å². The van der Waals surface area contributed by atoms with E-state index in [0.717, 1.165) is 19.3 Å². The number of nitrogens with two attached hydrogens (primary N) is 1. The molecule has 0 aromatic heterocycles. The molecule has 112 valence electrons. The van der Waals surface area contributed by atoms with Gasteiger partial charge in [-0.05, 0) is 34.1 Å². The van der Waals surface area contributed by atoms with Gasteiger partial charge in [0.2, 0.25) is 0 Å². The second-order valence-corrected chi connectivity index (χ2v) is 6.11. The summed E-state index contributed by atoms with van der Waals surface area (Å²) in [5.41, 5.74) is 3.51. The number of ether oxygens (including phenoxy) is 1. The molecule has 0 rings (SSSR count). The lowest BCUT2D eigenvalue weighted by atomic mass is 9.80.